The van der Waals surface area contributed by atoms with Crippen LogP contribution < -0.4 is 5.73 Å². The Bertz CT molecular complexity index is 109. The molecule has 0 amide bonds. The van der Waals surface area contributed by atoms with E-state index in [2.05, 4.69) is 4.18 Å². The molecule has 0 aromatic rings. The van der Waals surface area contributed by atoms with Gasteiger partial charge in [0.1, 0.15) is 6.04 Å². The van der Waals surface area contributed by atoms with E-state index < -0.39 is 12.0 Å². The molecule has 0 unspecified atom stereocenters. The fourth-order valence-corrected chi connectivity index (χ4v) is 0.689. The minimum atomic E-state index is -0.697. The summed E-state index contributed by atoms with van der Waals surface area (Å²) in [6.07, 6.45) is 1.88. The fourth-order valence-electron chi connectivity index (χ4n) is 0.401. The monoisotopic (exact) mass is 165 g/mol. The van der Waals surface area contributed by atoms with Crippen molar-refractivity contribution < 1.29 is 14.1 Å². The first-order valence-electron chi connectivity index (χ1n) is 2.83. The molecule has 0 aliphatic heterocycles. The second-order valence-electron chi connectivity index (χ2n) is 1.69. The highest BCUT2D eigenvalue weighted by molar-refractivity contribution is 7.94. The van der Waals surface area contributed by atoms with E-state index in [1.807, 2.05) is 0 Å². The van der Waals surface area contributed by atoms with Crippen LogP contribution in [-0.2, 0) is 8.98 Å². The molecule has 3 N–H and O–H groups in total. The molecule has 5 heteroatoms. The first-order valence-corrected chi connectivity index (χ1v) is 3.98. The lowest BCUT2D eigenvalue weighted by molar-refractivity contribution is -0.134. The van der Waals surface area contributed by atoms with Crippen LogP contribution in [0.1, 0.15) is 6.42 Å². The largest absolute Gasteiger partial charge is 0.396 e. The van der Waals surface area contributed by atoms with Crippen molar-refractivity contribution in [2.24, 2.45) is 5.73 Å². The molecule has 10 heavy (non-hydrogen) atoms. The highest BCUT2D eigenvalue weighted by Crippen LogP contribution is 1.99. The van der Waals surface area contributed by atoms with Crippen LogP contribution in [-0.4, -0.2) is 30.0 Å². The van der Waals surface area contributed by atoms with Gasteiger partial charge in [0.25, 0.3) is 0 Å². The van der Waals surface area contributed by atoms with Crippen LogP contribution in [0.15, 0.2) is 0 Å². The number of carbonyl (C=O) groups excluding carboxylic acids is 1. The van der Waals surface area contributed by atoms with Crippen LogP contribution in [0.2, 0.25) is 0 Å². The van der Waals surface area contributed by atoms with Gasteiger partial charge in [0.05, 0.1) is 12.0 Å². The zero-order chi connectivity index (χ0) is 7.98. The van der Waals surface area contributed by atoms with E-state index in [-0.39, 0.29) is 13.0 Å². The zero-order valence-corrected chi connectivity index (χ0v) is 6.56. The van der Waals surface area contributed by atoms with Gasteiger partial charge in [0, 0.05) is 12.9 Å². The quantitative estimate of drug-likeness (QED) is 0.550. The van der Waals surface area contributed by atoms with Crippen LogP contribution in [0.3, 0.4) is 0 Å². The topological polar surface area (TPSA) is 72.5 Å². The molecule has 0 heterocycles. The van der Waals surface area contributed by atoms with E-state index in [9.17, 15) is 4.79 Å². The smallest absolute Gasteiger partial charge is 0.335 e. The SMILES string of the molecule is CSOC(=O)[C@@H](N)CCO. The van der Waals surface area contributed by atoms with Crippen molar-refractivity contribution in [2.75, 3.05) is 12.9 Å². The summed E-state index contributed by atoms with van der Waals surface area (Å²) in [5, 5.41) is 8.36. The van der Waals surface area contributed by atoms with E-state index in [0.29, 0.717) is 0 Å². The van der Waals surface area contributed by atoms with Crippen molar-refractivity contribution in [2.45, 2.75) is 12.5 Å². The lowest BCUT2D eigenvalue weighted by Gasteiger charge is -2.05. The Hall–Kier alpha value is -0.260. The Morgan fingerprint density at radius 3 is 2.90 bits per heavy atom. The standard InChI is InChI=1S/C5H11NO3S/c1-10-9-5(8)4(6)2-3-7/h4,7H,2-3,6H2,1H3/t4-/m0/s1. The van der Waals surface area contributed by atoms with Gasteiger partial charge in [-0.2, -0.15) is 0 Å². The molecule has 0 spiro atoms. The van der Waals surface area contributed by atoms with Crippen molar-refractivity contribution in [3.63, 3.8) is 0 Å². The number of hydrogen-bond donors (Lipinski definition) is 2. The van der Waals surface area contributed by atoms with Gasteiger partial charge in [-0.05, 0) is 6.42 Å². The molecule has 0 radical (unpaired) electrons. The summed E-state index contributed by atoms with van der Waals surface area (Å²) in [4.78, 5) is 10.7. The van der Waals surface area contributed by atoms with Crippen molar-refractivity contribution in [1.82, 2.24) is 0 Å². The first-order chi connectivity index (χ1) is 4.72. The summed E-state index contributed by atoms with van der Waals surface area (Å²) in [6, 6.07) is -0.697. The number of aliphatic hydroxyl groups excluding tert-OH is 1. The van der Waals surface area contributed by atoms with E-state index in [1.54, 1.807) is 6.26 Å². The molecule has 0 aromatic carbocycles. The molecule has 0 rings (SSSR count). The van der Waals surface area contributed by atoms with Crippen LogP contribution in [0.4, 0.5) is 0 Å². The lowest BCUT2D eigenvalue weighted by Crippen LogP contribution is -2.31. The first kappa shape index (κ1) is 9.74. The Balaban J connectivity index is 3.49. The average Bonchev–Trinajstić information content (AvgIpc) is 1.89. The molecule has 1 atom stereocenters. The number of nitrogens with two attached hydrogens (primary N) is 1. The van der Waals surface area contributed by atoms with E-state index in [1.165, 1.54) is 0 Å². The number of rotatable bonds is 4. The third-order valence-electron chi connectivity index (χ3n) is 0.908. The van der Waals surface area contributed by atoms with Crippen LogP contribution in [0.25, 0.3) is 0 Å². The molecule has 0 fully saturated rings. The molecule has 0 saturated heterocycles. The zero-order valence-electron chi connectivity index (χ0n) is 5.74. The van der Waals surface area contributed by atoms with E-state index >= 15 is 0 Å². The maximum absolute atomic E-state index is 10.7. The fraction of sp³-hybridized carbons (Fsp3) is 0.800. The van der Waals surface area contributed by atoms with Crippen LogP contribution >= 0.6 is 12.0 Å². The third-order valence-corrected chi connectivity index (χ3v) is 1.24. The van der Waals surface area contributed by atoms with Crippen molar-refractivity contribution in [3.8, 4) is 0 Å². The van der Waals surface area contributed by atoms with Gasteiger partial charge in [-0.15, -0.1) is 0 Å². The Labute approximate surface area is 63.9 Å². The van der Waals surface area contributed by atoms with Crippen molar-refractivity contribution in [1.29, 1.82) is 0 Å². The molecule has 0 aliphatic rings. The molecule has 0 aromatic heterocycles. The maximum atomic E-state index is 10.7. The molecule has 0 aliphatic carbocycles. The van der Waals surface area contributed by atoms with Gasteiger partial charge >= 0.3 is 5.97 Å². The number of hydrogen-bond acceptors (Lipinski definition) is 5. The second-order valence-corrected chi connectivity index (χ2v) is 2.19. The minimum Gasteiger partial charge on any atom is -0.396 e. The van der Waals surface area contributed by atoms with E-state index in [4.69, 9.17) is 10.8 Å². The lowest BCUT2D eigenvalue weighted by atomic mass is 10.2. The predicted octanol–water partition coefficient (Wildman–Crippen LogP) is -0.483. The third kappa shape index (κ3) is 3.71. The van der Waals surface area contributed by atoms with Gasteiger partial charge in [0.2, 0.25) is 0 Å². The summed E-state index contributed by atoms with van der Waals surface area (Å²) in [7, 11) is 0. The van der Waals surface area contributed by atoms with Gasteiger partial charge in [0.15, 0.2) is 0 Å². The highest BCUT2D eigenvalue weighted by Gasteiger charge is 2.13. The van der Waals surface area contributed by atoms with Crippen LogP contribution in [0.5, 0.6) is 0 Å². The predicted molar refractivity (Wildman–Crippen MR) is 39.3 cm³/mol. The molecule has 60 valence electrons. The Morgan fingerprint density at radius 2 is 2.50 bits per heavy atom. The minimum absolute atomic E-state index is 0.0926. The highest BCUT2D eigenvalue weighted by atomic mass is 32.2. The molecule has 0 saturated carbocycles. The van der Waals surface area contributed by atoms with Gasteiger partial charge in [-0.1, -0.05) is 0 Å². The molecular weight excluding hydrogens is 154 g/mol. The summed E-state index contributed by atoms with van der Waals surface area (Å²) in [5.41, 5.74) is 5.27. The van der Waals surface area contributed by atoms with Crippen LogP contribution in [0, 0.1) is 0 Å². The van der Waals surface area contributed by atoms with Gasteiger partial charge in [-0.25, -0.2) is 4.79 Å². The Morgan fingerprint density at radius 1 is 1.90 bits per heavy atom. The average molecular weight is 165 g/mol. The molecule has 4 nitrogen and oxygen atoms in total. The van der Waals surface area contributed by atoms with E-state index in [0.717, 1.165) is 12.0 Å². The van der Waals surface area contributed by atoms with Crippen molar-refractivity contribution >= 4 is 18.0 Å². The number of carbonyl (C=O) groups is 1. The van der Waals surface area contributed by atoms with Crippen molar-refractivity contribution in [3.05, 3.63) is 0 Å². The normalized spacial score (nSPS) is 12.7. The summed E-state index contributed by atoms with van der Waals surface area (Å²) >= 11 is 0.953. The second kappa shape index (κ2) is 5.52. The summed E-state index contributed by atoms with van der Waals surface area (Å²) in [6.45, 7) is -0.0926. The molecular formula is C5H11NO3S. The maximum Gasteiger partial charge on any atom is 0.335 e. The summed E-state index contributed by atoms with van der Waals surface area (Å²) in [5.74, 6) is -0.485. The van der Waals surface area contributed by atoms with Gasteiger partial charge < -0.3 is 15.0 Å². The molecule has 0 bridgehead atoms. The van der Waals surface area contributed by atoms with Gasteiger partial charge in [-0.3, -0.25) is 0 Å². The number of aliphatic hydroxyl groups is 1. The Kier molecular flexibility index (Phi) is 5.38. The summed E-state index contributed by atoms with van der Waals surface area (Å²) < 4.78 is 4.50.